The van der Waals surface area contributed by atoms with Gasteiger partial charge in [0, 0.05) is 18.0 Å². The molecular weight excluding hydrogens is 290 g/mol. The van der Waals surface area contributed by atoms with Crippen molar-refractivity contribution in [3.8, 4) is 5.75 Å². The first-order valence-corrected chi connectivity index (χ1v) is 8.31. The molecule has 0 radical (unpaired) electrons. The van der Waals surface area contributed by atoms with E-state index >= 15 is 0 Å². The lowest BCUT2D eigenvalue weighted by Crippen LogP contribution is -2.34. The number of hydrogen-bond acceptors (Lipinski definition) is 4. The number of piperidine rings is 1. The fourth-order valence-electron chi connectivity index (χ4n) is 3.42. The zero-order valence-electron chi connectivity index (χ0n) is 14.4. The van der Waals surface area contributed by atoms with Gasteiger partial charge in [0.1, 0.15) is 11.3 Å². The van der Waals surface area contributed by atoms with E-state index in [1.807, 2.05) is 26.0 Å². The minimum absolute atomic E-state index is 0.263. The maximum atomic E-state index is 11.9. The van der Waals surface area contributed by atoms with Gasteiger partial charge < -0.3 is 14.1 Å². The molecule has 1 aromatic heterocycles. The second-order valence-electron chi connectivity index (χ2n) is 6.86. The van der Waals surface area contributed by atoms with E-state index in [1.165, 1.54) is 19.4 Å². The summed E-state index contributed by atoms with van der Waals surface area (Å²) in [7, 11) is 2.16. The van der Waals surface area contributed by atoms with Crippen LogP contribution < -0.4 is 10.4 Å². The molecule has 1 aliphatic rings. The van der Waals surface area contributed by atoms with Crippen molar-refractivity contribution in [1.82, 2.24) is 4.90 Å². The van der Waals surface area contributed by atoms with Gasteiger partial charge in [0.05, 0.1) is 12.0 Å². The van der Waals surface area contributed by atoms with Crippen molar-refractivity contribution >= 4 is 11.0 Å². The van der Waals surface area contributed by atoms with Gasteiger partial charge in [-0.25, -0.2) is 4.79 Å². The summed E-state index contributed by atoms with van der Waals surface area (Å²) in [6.45, 7) is 8.73. The van der Waals surface area contributed by atoms with E-state index in [2.05, 4.69) is 11.9 Å². The number of aryl methyl sites for hydroxylation is 2. The molecule has 124 valence electrons. The molecule has 1 fully saturated rings. The van der Waals surface area contributed by atoms with Gasteiger partial charge in [0.2, 0.25) is 0 Å². The van der Waals surface area contributed by atoms with Crippen LogP contribution in [0.2, 0.25) is 0 Å². The number of nitrogens with zero attached hydrogens (tertiary/aromatic N) is 1. The van der Waals surface area contributed by atoms with Crippen LogP contribution in [0.3, 0.4) is 0 Å². The highest BCUT2D eigenvalue weighted by molar-refractivity contribution is 5.88. The van der Waals surface area contributed by atoms with Gasteiger partial charge in [-0.1, -0.05) is 0 Å². The average Bonchev–Trinajstić information content (AvgIpc) is 2.50. The molecular formula is C19H25NO3. The molecule has 4 nitrogen and oxygen atoms in total. The van der Waals surface area contributed by atoms with Crippen molar-refractivity contribution in [2.45, 2.75) is 33.6 Å². The minimum atomic E-state index is -0.263. The first-order chi connectivity index (χ1) is 11.0. The first-order valence-electron chi connectivity index (χ1n) is 8.31. The standard InChI is InChI=1S/C19H25NO3/c1-12-8-16(22-11-15-6-5-7-20(4)10-15)18-13(2)14(3)19(21)23-17(18)9-12/h8-9,15H,5-7,10-11H2,1-4H3. The third kappa shape index (κ3) is 3.27. The molecule has 0 spiro atoms. The van der Waals surface area contributed by atoms with E-state index in [4.69, 9.17) is 9.15 Å². The third-order valence-electron chi connectivity index (χ3n) is 4.85. The van der Waals surface area contributed by atoms with Gasteiger partial charge in [0.15, 0.2) is 0 Å². The van der Waals surface area contributed by atoms with Gasteiger partial charge in [-0.3, -0.25) is 0 Å². The average molecular weight is 315 g/mol. The number of rotatable bonds is 3. The quantitative estimate of drug-likeness (QED) is 0.814. The summed E-state index contributed by atoms with van der Waals surface area (Å²) in [5.41, 5.74) is 3.00. The highest BCUT2D eigenvalue weighted by Gasteiger charge is 2.19. The monoisotopic (exact) mass is 315 g/mol. The fourth-order valence-corrected chi connectivity index (χ4v) is 3.42. The molecule has 3 rings (SSSR count). The fraction of sp³-hybridized carbons (Fsp3) is 0.526. The number of benzene rings is 1. The van der Waals surface area contributed by atoms with Crippen molar-refractivity contribution in [3.63, 3.8) is 0 Å². The molecule has 4 heteroatoms. The molecule has 1 unspecified atom stereocenters. The number of likely N-dealkylation sites (tertiary alicyclic amines) is 1. The highest BCUT2D eigenvalue weighted by atomic mass is 16.5. The molecule has 1 aromatic carbocycles. The van der Waals surface area contributed by atoms with Crippen molar-refractivity contribution in [2.75, 3.05) is 26.7 Å². The van der Waals surface area contributed by atoms with Crippen LogP contribution in [0, 0.1) is 26.7 Å². The highest BCUT2D eigenvalue weighted by Crippen LogP contribution is 2.31. The largest absolute Gasteiger partial charge is 0.492 e. The summed E-state index contributed by atoms with van der Waals surface area (Å²) >= 11 is 0. The SMILES string of the molecule is Cc1cc(OCC2CCCN(C)C2)c2c(C)c(C)c(=O)oc2c1. The number of ether oxygens (including phenoxy) is 1. The predicted octanol–water partition coefficient (Wildman–Crippen LogP) is 3.44. The minimum Gasteiger partial charge on any atom is -0.492 e. The topological polar surface area (TPSA) is 42.7 Å². The van der Waals surface area contributed by atoms with Crippen LogP contribution in [0.15, 0.2) is 21.3 Å². The Morgan fingerprint density at radius 2 is 2.04 bits per heavy atom. The van der Waals surface area contributed by atoms with E-state index < -0.39 is 0 Å². The number of fused-ring (bicyclic) bond motifs is 1. The second kappa shape index (κ2) is 6.36. The van der Waals surface area contributed by atoms with Crippen LogP contribution in [0.5, 0.6) is 5.75 Å². The van der Waals surface area contributed by atoms with E-state index in [9.17, 15) is 4.79 Å². The molecule has 1 aliphatic heterocycles. The normalized spacial score (nSPS) is 19.2. The maximum Gasteiger partial charge on any atom is 0.339 e. The molecule has 0 bridgehead atoms. The summed E-state index contributed by atoms with van der Waals surface area (Å²) in [6.07, 6.45) is 2.44. The molecule has 0 amide bonds. The van der Waals surface area contributed by atoms with Crippen LogP contribution in [0.4, 0.5) is 0 Å². The van der Waals surface area contributed by atoms with Crippen LogP contribution in [0.25, 0.3) is 11.0 Å². The molecule has 0 saturated carbocycles. The summed E-state index contributed by atoms with van der Waals surface area (Å²) in [5.74, 6) is 1.39. The Hall–Kier alpha value is -1.81. The van der Waals surface area contributed by atoms with Crippen molar-refractivity contribution < 1.29 is 9.15 Å². The third-order valence-corrected chi connectivity index (χ3v) is 4.85. The van der Waals surface area contributed by atoms with E-state index in [1.54, 1.807) is 6.92 Å². The summed E-state index contributed by atoms with van der Waals surface area (Å²) in [5, 5.41) is 0.928. The van der Waals surface area contributed by atoms with Crippen molar-refractivity contribution in [3.05, 3.63) is 39.2 Å². The van der Waals surface area contributed by atoms with Gasteiger partial charge in [-0.15, -0.1) is 0 Å². The van der Waals surface area contributed by atoms with E-state index in [0.29, 0.717) is 23.7 Å². The predicted molar refractivity (Wildman–Crippen MR) is 92.4 cm³/mol. The van der Waals surface area contributed by atoms with E-state index in [-0.39, 0.29) is 5.63 Å². The van der Waals surface area contributed by atoms with Gasteiger partial charge in [-0.2, -0.15) is 0 Å². The summed E-state index contributed by atoms with van der Waals surface area (Å²) in [4.78, 5) is 14.3. The first kappa shape index (κ1) is 16.1. The van der Waals surface area contributed by atoms with Crippen molar-refractivity contribution in [1.29, 1.82) is 0 Å². The Morgan fingerprint density at radius 1 is 1.26 bits per heavy atom. The Morgan fingerprint density at radius 3 is 2.78 bits per heavy atom. The van der Waals surface area contributed by atoms with Crippen LogP contribution in [0.1, 0.15) is 29.5 Å². The Bertz CT molecular complexity index is 778. The Kier molecular flexibility index (Phi) is 4.44. The summed E-state index contributed by atoms with van der Waals surface area (Å²) < 4.78 is 11.6. The second-order valence-corrected chi connectivity index (χ2v) is 6.86. The van der Waals surface area contributed by atoms with Crippen LogP contribution >= 0.6 is 0 Å². The van der Waals surface area contributed by atoms with Gasteiger partial charge >= 0.3 is 5.63 Å². The molecule has 2 aromatic rings. The molecule has 1 saturated heterocycles. The lowest BCUT2D eigenvalue weighted by Gasteiger charge is -2.29. The number of hydrogen-bond donors (Lipinski definition) is 0. The zero-order valence-corrected chi connectivity index (χ0v) is 14.4. The summed E-state index contributed by atoms with van der Waals surface area (Å²) in [6, 6.07) is 3.95. The van der Waals surface area contributed by atoms with Crippen LogP contribution in [-0.2, 0) is 0 Å². The Balaban J connectivity index is 1.93. The van der Waals surface area contributed by atoms with Crippen LogP contribution in [-0.4, -0.2) is 31.6 Å². The molecule has 0 N–H and O–H groups in total. The van der Waals surface area contributed by atoms with Gasteiger partial charge in [-0.05, 0) is 70.5 Å². The van der Waals surface area contributed by atoms with E-state index in [0.717, 1.165) is 28.8 Å². The molecule has 1 atom stereocenters. The maximum absolute atomic E-state index is 11.9. The molecule has 2 heterocycles. The molecule has 23 heavy (non-hydrogen) atoms. The molecule has 0 aliphatic carbocycles. The Labute approximate surface area is 137 Å². The van der Waals surface area contributed by atoms with Gasteiger partial charge in [0.25, 0.3) is 0 Å². The zero-order chi connectivity index (χ0) is 16.6. The lowest BCUT2D eigenvalue weighted by molar-refractivity contribution is 0.151. The smallest absolute Gasteiger partial charge is 0.339 e. The lowest BCUT2D eigenvalue weighted by atomic mass is 9.99. The van der Waals surface area contributed by atoms with Crippen molar-refractivity contribution in [2.24, 2.45) is 5.92 Å².